The number of carboxylic acids is 1. The summed E-state index contributed by atoms with van der Waals surface area (Å²) in [5.74, 6) is -0.332. The number of nitrogens with one attached hydrogen (secondary N) is 1. The molecule has 0 aliphatic carbocycles. The van der Waals surface area contributed by atoms with Gasteiger partial charge in [-0.1, -0.05) is 13.3 Å². The van der Waals surface area contributed by atoms with E-state index in [0.29, 0.717) is 18.6 Å². The molecule has 0 heterocycles. The first-order chi connectivity index (χ1) is 10.3. The number of benzene rings is 1. The number of unbranched alkanes of at least 4 members (excludes halogenated alkanes) is 1. The lowest BCUT2D eigenvalue weighted by atomic mass is 9.98. The van der Waals surface area contributed by atoms with Gasteiger partial charge in [-0.3, -0.25) is 9.59 Å². The number of aliphatic carboxylic acids is 1. The summed E-state index contributed by atoms with van der Waals surface area (Å²) in [5.41, 5.74) is -0.0302. The van der Waals surface area contributed by atoms with Crippen LogP contribution < -0.4 is 10.1 Å². The molecule has 122 valence electrons. The van der Waals surface area contributed by atoms with Gasteiger partial charge in [0.05, 0.1) is 6.61 Å². The Labute approximate surface area is 131 Å². The molecule has 0 fully saturated rings. The summed E-state index contributed by atoms with van der Waals surface area (Å²) in [6.45, 7) is 6.40. The maximum atomic E-state index is 12.2. The summed E-state index contributed by atoms with van der Waals surface area (Å²) < 4.78 is 5.55. The minimum Gasteiger partial charge on any atom is -0.494 e. The van der Waals surface area contributed by atoms with Gasteiger partial charge in [-0.2, -0.15) is 0 Å². The Morgan fingerprint density at radius 2 is 1.86 bits per heavy atom. The van der Waals surface area contributed by atoms with Crippen molar-refractivity contribution in [2.75, 3.05) is 6.61 Å². The van der Waals surface area contributed by atoms with Crippen molar-refractivity contribution < 1.29 is 19.4 Å². The smallest absolute Gasteiger partial charge is 0.303 e. The van der Waals surface area contributed by atoms with Crippen LogP contribution in [0.3, 0.4) is 0 Å². The van der Waals surface area contributed by atoms with Crippen LogP contribution in [-0.2, 0) is 4.79 Å². The standard InChI is InChI=1S/C17H25NO4/c1-4-5-12-22-14-8-6-13(7-9-14)16(21)18-17(2,3)11-10-15(19)20/h6-9H,4-5,10-12H2,1-3H3,(H,18,21)(H,19,20). The van der Waals surface area contributed by atoms with Crippen LogP contribution in [0.2, 0.25) is 0 Å². The number of carbonyl (C=O) groups is 2. The molecule has 22 heavy (non-hydrogen) atoms. The maximum Gasteiger partial charge on any atom is 0.303 e. The number of carboxylic acid groups (broad SMARTS) is 1. The molecular formula is C17H25NO4. The zero-order valence-electron chi connectivity index (χ0n) is 13.5. The fraction of sp³-hybridized carbons (Fsp3) is 0.529. The third kappa shape index (κ3) is 6.61. The summed E-state index contributed by atoms with van der Waals surface area (Å²) in [4.78, 5) is 22.8. The Balaban J connectivity index is 2.56. The average molecular weight is 307 g/mol. The molecule has 1 rings (SSSR count). The molecule has 0 radical (unpaired) electrons. The number of hydrogen-bond donors (Lipinski definition) is 2. The third-order valence-electron chi connectivity index (χ3n) is 3.30. The first-order valence-corrected chi connectivity index (χ1v) is 7.61. The fourth-order valence-electron chi connectivity index (χ4n) is 1.90. The number of hydrogen-bond acceptors (Lipinski definition) is 3. The molecule has 1 aromatic rings. The van der Waals surface area contributed by atoms with E-state index in [0.717, 1.165) is 18.6 Å². The van der Waals surface area contributed by atoms with Crippen molar-refractivity contribution in [1.29, 1.82) is 0 Å². The van der Waals surface area contributed by atoms with Gasteiger partial charge in [-0.15, -0.1) is 0 Å². The predicted molar refractivity (Wildman–Crippen MR) is 85.3 cm³/mol. The van der Waals surface area contributed by atoms with E-state index in [1.165, 1.54) is 0 Å². The molecule has 0 spiro atoms. The van der Waals surface area contributed by atoms with Crippen molar-refractivity contribution in [3.05, 3.63) is 29.8 Å². The normalized spacial score (nSPS) is 11.0. The SMILES string of the molecule is CCCCOc1ccc(C(=O)NC(C)(C)CCC(=O)O)cc1. The second-order valence-corrected chi connectivity index (χ2v) is 5.96. The van der Waals surface area contributed by atoms with E-state index in [-0.39, 0.29) is 12.3 Å². The van der Waals surface area contributed by atoms with Crippen molar-refractivity contribution in [2.24, 2.45) is 0 Å². The van der Waals surface area contributed by atoms with Gasteiger partial charge < -0.3 is 15.2 Å². The van der Waals surface area contributed by atoms with Gasteiger partial charge in [-0.05, 0) is 51.0 Å². The summed E-state index contributed by atoms with van der Waals surface area (Å²) in [7, 11) is 0. The second kappa shape index (κ2) is 8.41. The third-order valence-corrected chi connectivity index (χ3v) is 3.30. The van der Waals surface area contributed by atoms with E-state index in [1.54, 1.807) is 24.3 Å². The highest BCUT2D eigenvalue weighted by atomic mass is 16.5. The van der Waals surface area contributed by atoms with Crippen LogP contribution in [0.15, 0.2) is 24.3 Å². The quantitative estimate of drug-likeness (QED) is 0.687. The molecule has 0 saturated heterocycles. The van der Waals surface area contributed by atoms with Gasteiger partial charge in [0.15, 0.2) is 0 Å². The lowest BCUT2D eigenvalue weighted by Gasteiger charge is -2.25. The highest BCUT2D eigenvalue weighted by molar-refractivity contribution is 5.94. The van der Waals surface area contributed by atoms with Gasteiger partial charge >= 0.3 is 5.97 Å². The molecule has 0 atom stereocenters. The second-order valence-electron chi connectivity index (χ2n) is 5.96. The summed E-state index contributed by atoms with van der Waals surface area (Å²) in [6.07, 6.45) is 2.48. The van der Waals surface area contributed by atoms with Crippen LogP contribution in [-0.4, -0.2) is 29.1 Å². The molecule has 5 nitrogen and oxygen atoms in total. The van der Waals surface area contributed by atoms with E-state index in [2.05, 4.69) is 12.2 Å². The number of rotatable bonds is 9. The molecule has 0 aromatic heterocycles. The van der Waals surface area contributed by atoms with Crippen LogP contribution in [0.1, 0.15) is 56.8 Å². The molecule has 0 saturated carbocycles. The molecule has 0 aliphatic rings. The zero-order chi connectivity index (χ0) is 16.6. The van der Waals surface area contributed by atoms with Crippen molar-refractivity contribution in [2.45, 2.75) is 52.0 Å². The summed E-state index contributed by atoms with van der Waals surface area (Å²) in [5, 5.41) is 11.6. The van der Waals surface area contributed by atoms with Crippen molar-refractivity contribution in [3.8, 4) is 5.75 Å². The van der Waals surface area contributed by atoms with E-state index in [4.69, 9.17) is 9.84 Å². The molecule has 0 unspecified atom stereocenters. The van der Waals surface area contributed by atoms with E-state index < -0.39 is 11.5 Å². The molecule has 0 aliphatic heterocycles. The topological polar surface area (TPSA) is 75.6 Å². The van der Waals surface area contributed by atoms with Gasteiger partial charge in [0, 0.05) is 17.5 Å². The van der Waals surface area contributed by atoms with Crippen molar-refractivity contribution >= 4 is 11.9 Å². The van der Waals surface area contributed by atoms with Crippen LogP contribution in [0.4, 0.5) is 0 Å². The van der Waals surface area contributed by atoms with Crippen molar-refractivity contribution in [3.63, 3.8) is 0 Å². The minimum atomic E-state index is -0.865. The highest BCUT2D eigenvalue weighted by Gasteiger charge is 2.22. The van der Waals surface area contributed by atoms with Gasteiger partial charge in [0.2, 0.25) is 0 Å². The Morgan fingerprint density at radius 3 is 2.41 bits per heavy atom. The molecule has 1 aromatic carbocycles. The average Bonchev–Trinajstić information content (AvgIpc) is 2.46. The van der Waals surface area contributed by atoms with Gasteiger partial charge in [0.1, 0.15) is 5.75 Å². The van der Waals surface area contributed by atoms with Gasteiger partial charge in [-0.25, -0.2) is 0 Å². The van der Waals surface area contributed by atoms with E-state index >= 15 is 0 Å². The van der Waals surface area contributed by atoms with Gasteiger partial charge in [0.25, 0.3) is 5.91 Å². The molecule has 0 bridgehead atoms. The minimum absolute atomic E-state index is 0.0253. The highest BCUT2D eigenvalue weighted by Crippen LogP contribution is 2.15. The first kappa shape index (κ1) is 18.0. The largest absolute Gasteiger partial charge is 0.494 e. The predicted octanol–water partition coefficient (Wildman–Crippen LogP) is 3.24. The Bertz CT molecular complexity index is 494. The van der Waals surface area contributed by atoms with E-state index in [1.807, 2.05) is 13.8 Å². The van der Waals surface area contributed by atoms with E-state index in [9.17, 15) is 9.59 Å². The lowest BCUT2D eigenvalue weighted by Crippen LogP contribution is -2.43. The number of amides is 1. The molecule has 2 N–H and O–H groups in total. The van der Waals surface area contributed by atoms with Crippen molar-refractivity contribution in [1.82, 2.24) is 5.32 Å². The van der Waals surface area contributed by atoms with Crippen LogP contribution in [0, 0.1) is 0 Å². The monoisotopic (exact) mass is 307 g/mol. The first-order valence-electron chi connectivity index (χ1n) is 7.61. The molecule has 5 heteroatoms. The Kier molecular flexibility index (Phi) is 6.89. The number of carbonyl (C=O) groups excluding carboxylic acids is 1. The lowest BCUT2D eigenvalue weighted by molar-refractivity contribution is -0.137. The van der Waals surface area contributed by atoms with Crippen LogP contribution in [0.25, 0.3) is 0 Å². The zero-order valence-corrected chi connectivity index (χ0v) is 13.5. The molecular weight excluding hydrogens is 282 g/mol. The summed E-state index contributed by atoms with van der Waals surface area (Å²) >= 11 is 0. The number of ether oxygens (including phenoxy) is 1. The maximum absolute atomic E-state index is 12.2. The van der Waals surface area contributed by atoms with Crippen LogP contribution >= 0.6 is 0 Å². The Morgan fingerprint density at radius 1 is 1.23 bits per heavy atom. The summed E-state index contributed by atoms with van der Waals surface area (Å²) in [6, 6.07) is 6.97. The van der Waals surface area contributed by atoms with Crippen LogP contribution in [0.5, 0.6) is 5.75 Å². The fourth-order valence-corrected chi connectivity index (χ4v) is 1.90. The Hall–Kier alpha value is -2.04. The molecule has 1 amide bonds.